The van der Waals surface area contributed by atoms with Gasteiger partial charge in [-0.2, -0.15) is 0 Å². The Balaban J connectivity index is 1.36. The molecule has 0 N–H and O–H groups in total. The second-order valence-corrected chi connectivity index (χ2v) is 13.8. The molecule has 0 saturated heterocycles. The van der Waals surface area contributed by atoms with Gasteiger partial charge in [-0.1, -0.05) is 159 Å². The fourth-order valence-corrected chi connectivity index (χ4v) is 7.99. The van der Waals surface area contributed by atoms with Crippen molar-refractivity contribution in [3.63, 3.8) is 0 Å². The molecule has 1 heteroatoms. The van der Waals surface area contributed by atoms with Crippen LogP contribution in [0.3, 0.4) is 0 Å². The van der Waals surface area contributed by atoms with E-state index in [-0.39, 0.29) is 5.41 Å². The molecule has 1 aliphatic carbocycles. The molecule has 50 heavy (non-hydrogen) atoms. The van der Waals surface area contributed by atoms with E-state index in [1.54, 1.807) is 0 Å². The highest BCUT2D eigenvalue weighted by molar-refractivity contribution is 6.07. The summed E-state index contributed by atoms with van der Waals surface area (Å²) < 4.78 is 0. The number of hydrogen-bond donors (Lipinski definition) is 0. The molecular formula is C49H37N. The van der Waals surface area contributed by atoms with Gasteiger partial charge in [0.1, 0.15) is 0 Å². The predicted molar refractivity (Wildman–Crippen MR) is 213 cm³/mol. The van der Waals surface area contributed by atoms with Gasteiger partial charge in [0.05, 0.1) is 11.4 Å². The Morgan fingerprint density at radius 3 is 1.64 bits per heavy atom. The number of fused-ring (bicyclic) bond motifs is 4. The third-order valence-electron chi connectivity index (χ3n) is 10.4. The second kappa shape index (κ2) is 12.1. The number of hydrogen-bond acceptors (Lipinski definition) is 1. The largest absolute Gasteiger partial charge is 0.309 e. The summed E-state index contributed by atoms with van der Waals surface area (Å²) in [7, 11) is 0. The Morgan fingerprint density at radius 2 is 0.920 bits per heavy atom. The van der Waals surface area contributed by atoms with Crippen LogP contribution in [0.15, 0.2) is 188 Å². The highest BCUT2D eigenvalue weighted by atomic mass is 15.1. The first-order chi connectivity index (χ1) is 24.6. The molecule has 9 rings (SSSR count). The summed E-state index contributed by atoms with van der Waals surface area (Å²) in [5, 5.41) is 2.47. The first kappa shape index (κ1) is 29.9. The Bertz CT molecular complexity index is 2490. The van der Waals surface area contributed by atoms with Gasteiger partial charge in [0.15, 0.2) is 0 Å². The van der Waals surface area contributed by atoms with Crippen LogP contribution in [0, 0.1) is 0 Å². The van der Waals surface area contributed by atoms with Crippen LogP contribution in [0.25, 0.3) is 55.3 Å². The van der Waals surface area contributed by atoms with Crippen molar-refractivity contribution < 1.29 is 0 Å². The highest BCUT2D eigenvalue weighted by Crippen LogP contribution is 2.52. The van der Waals surface area contributed by atoms with Crippen LogP contribution in [0.4, 0.5) is 17.1 Å². The highest BCUT2D eigenvalue weighted by Gasteiger charge is 2.36. The van der Waals surface area contributed by atoms with Crippen LogP contribution in [0.1, 0.15) is 25.0 Å². The molecule has 238 valence electrons. The summed E-state index contributed by atoms with van der Waals surface area (Å²) in [5.74, 6) is 0. The molecule has 0 radical (unpaired) electrons. The van der Waals surface area contributed by atoms with Crippen LogP contribution in [-0.2, 0) is 5.41 Å². The fraction of sp³-hybridized carbons (Fsp3) is 0.0612. The molecule has 0 aromatic heterocycles. The molecule has 0 atom stereocenters. The van der Waals surface area contributed by atoms with Crippen molar-refractivity contribution >= 4 is 27.8 Å². The second-order valence-electron chi connectivity index (χ2n) is 13.8. The smallest absolute Gasteiger partial charge is 0.0546 e. The maximum absolute atomic E-state index is 2.48. The molecular weight excluding hydrogens is 603 g/mol. The maximum atomic E-state index is 2.48. The zero-order chi connectivity index (χ0) is 33.7. The summed E-state index contributed by atoms with van der Waals surface area (Å²) in [6.07, 6.45) is 0. The summed E-state index contributed by atoms with van der Waals surface area (Å²) in [5.41, 5.74) is 15.9. The fourth-order valence-electron chi connectivity index (χ4n) is 7.99. The molecule has 0 heterocycles. The van der Waals surface area contributed by atoms with E-state index in [1.165, 1.54) is 66.4 Å². The van der Waals surface area contributed by atoms with Gasteiger partial charge in [-0.25, -0.2) is 0 Å². The molecule has 0 amide bonds. The normalized spacial score (nSPS) is 12.8. The monoisotopic (exact) mass is 639 g/mol. The van der Waals surface area contributed by atoms with E-state index in [0.717, 1.165) is 17.1 Å². The number of anilines is 3. The van der Waals surface area contributed by atoms with Gasteiger partial charge < -0.3 is 4.90 Å². The first-order valence-electron chi connectivity index (χ1n) is 17.4. The molecule has 0 unspecified atom stereocenters. The first-order valence-corrected chi connectivity index (χ1v) is 17.4. The number of benzene rings is 8. The minimum absolute atomic E-state index is 0.0874. The van der Waals surface area contributed by atoms with Crippen molar-refractivity contribution in [1.29, 1.82) is 0 Å². The number of para-hydroxylation sites is 2. The zero-order valence-corrected chi connectivity index (χ0v) is 28.3. The Labute approximate surface area is 294 Å². The maximum Gasteiger partial charge on any atom is 0.0546 e. The molecule has 0 aliphatic heterocycles. The van der Waals surface area contributed by atoms with Crippen LogP contribution in [0.5, 0.6) is 0 Å². The van der Waals surface area contributed by atoms with E-state index in [4.69, 9.17) is 0 Å². The Kier molecular flexibility index (Phi) is 7.21. The molecule has 8 aromatic carbocycles. The number of rotatable bonds is 6. The molecule has 0 saturated carbocycles. The average molecular weight is 640 g/mol. The quantitative estimate of drug-likeness (QED) is 0.175. The van der Waals surface area contributed by atoms with Gasteiger partial charge in [0.25, 0.3) is 0 Å². The molecule has 1 aliphatic rings. The number of nitrogens with zero attached hydrogens (tertiary/aromatic N) is 1. The van der Waals surface area contributed by atoms with E-state index in [9.17, 15) is 0 Å². The van der Waals surface area contributed by atoms with Crippen molar-refractivity contribution in [3.05, 3.63) is 199 Å². The molecule has 1 nitrogen and oxygen atoms in total. The molecule has 0 fully saturated rings. The molecule has 0 spiro atoms. The minimum atomic E-state index is -0.0874. The van der Waals surface area contributed by atoms with E-state index in [2.05, 4.69) is 207 Å². The minimum Gasteiger partial charge on any atom is -0.309 e. The lowest BCUT2D eigenvalue weighted by atomic mass is 9.81. The van der Waals surface area contributed by atoms with Crippen molar-refractivity contribution in [1.82, 2.24) is 0 Å². The lowest BCUT2D eigenvalue weighted by Gasteiger charge is -2.30. The van der Waals surface area contributed by atoms with Gasteiger partial charge in [0, 0.05) is 22.1 Å². The summed E-state index contributed by atoms with van der Waals surface area (Å²) >= 11 is 0. The summed E-state index contributed by atoms with van der Waals surface area (Å²) in [6.45, 7) is 4.73. The van der Waals surface area contributed by atoms with Crippen molar-refractivity contribution in [3.8, 4) is 44.5 Å². The van der Waals surface area contributed by atoms with E-state index < -0.39 is 0 Å². The third-order valence-corrected chi connectivity index (χ3v) is 10.4. The van der Waals surface area contributed by atoms with Crippen LogP contribution in [0.2, 0.25) is 0 Å². The molecule has 8 aromatic rings. The topological polar surface area (TPSA) is 3.24 Å². The average Bonchev–Trinajstić information content (AvgIpc) is 3.40. The zero-order valence-electron chi connectivity index (χ0n) is 28.3. The van der Waals surface area contributed by atoms with Crippen LogP contribution < -0.4 is 4.90 Å². The van der Waals surface area contributed by atoms with Crippen molar-refractivity contribution in [2.24, 2.45) is 0 Å². The van der Waals surface area contributed by atoms with Gasteiger partial charge >= 0.3 is 0 Å². The van der Waals surface area contributed by atoms with Crippen LogP contribution >= 0.6 is 0 Å². The van der Waals surface area contributed by atoms with E-state index >= 15 is 0 Å². The summed E-state index contributed by atoms with van der Waals surface area (Å²) in [6, 6.07) is 68.6. The van der Waals surface area contributed by atoms with E-state index in [1.807, 2.05) is 0 Å². The lowest BCUT2D eigenvalue weighted by molar-refractivity contribution is 0.661. The lowest BCUT2D eigenvalue weighted by Crippen LogP contribution is -2.15. The molecule has 0 bridgehead atoms. The Hall–Kier alpha value is -6.18. The standard InChI is InChI=1S/C49H37N/c1-49(2)45-28-16-14-26-41(45)44-33-43-37(31-46(44)49)30-36(34-18-6-3-7-19-34)32-48(43)50(38-22-10-5-11-23-38)47-29-17-15-27-42(47)40-25-13-12-24-39(40)35-20-8-4-9-21-35/h3-33H,1-2H3. The SMILES string of the molecule is CC1(C)c2ccccc2-c2cc3c(N(c4ccccc4)c4ccccc4-c4ccccc4-c4ccccc4)cc(-c4ccccc4)cc3cc21. The van der Waals surface area contributed by atoms with Gasteiger partial charge in [-0.3, -0.25) is 0 Å². The van der Waals surface area contributed by atoms with Crippen molar-refractivity contribution in [2.45, 2.75) is 19.3 Å². The van der Waals surface area contributed by atoms with Crippen LogP contribution in [-0.4, -0.2) is 0 Å². The predicted octanol–water partition coefficient (Wildman–Crippen LogP) is 13.6. The summed E-state index contributed by atoms with van der Waals surface area (Å²) in [4.78, 5) is 2.48. The van der Waals surface area contributed by atoms with Gasteiger partial charge in [0.2, 0.25) is 0 Å². The van der Waals surface area contributed by atoms with E-state index in [0.29, 0.717) is 0 Å². The van der Waals surface area contributed by atoms with Gasteiger partial charge in [-0.15, -0.1) is 0 Å². The van der Waals surface area contributed by atoms with Crippen molar-refractivity contribution in [2.75, 3.05) is 4.90 Å². The Morgan fingerprint density at radius 1 is 0.360 bits per heavy atom. The van der Waals surface area contributed by atoms with Gasteiger partial charge in [-0.05, 0) is 97.9 Å². The third kappa shape index (κ3) is 4.94.